The van der Waals surface area contributed by atoms with Gasteiger partial charge in [-0.2, -0.15) is 0 Å². The van der Waals surface area contributed by atoms with Gasteiger partial charge in [-0.15, -0.1) is 0 Å². The van der Waals surface area contributed by atoms with Gasteiger partial charge < -0.3 is 14.8 Å². The van der Waals surface area contributed by atoms with Gasteiger partial charge in [0.2, 0.25) is 6.79 Å². The van der Waals surface area contributed by atoms with Crippen molar-refractivity contribution in [2.45, 2.75) is 12.6 Å². The predicted molar refractivity (Wildman–Crippen MR) is 60.7 cm³/mol. The summed E-state index contributed by atoms with van der Waals surface area (Å²) in [5, 5.41) is 3.20. The molecule has 4 heteroatoms. The van der Waals surface area contributed by atoms with Gasteiger partial charge in [-0.3, -0.25) is 4.90 Å². The van der Waals surface area contributed by atoms with E-state index in [9.17, 15) is 0 Å². The first-order valence-corrected chi connectivity index (χ1v) is 5.64. The number of hydrogen-bond acceptors (Lipinski definition) is 4. The molecule has 0 saturated carbocycles. The topological polar surface area (TPSA) is 33.5 Å². The molecule has 2 heterocycles. The molecule has 1 aromatic rings. The fourth-order valence-electron chi connectivity index (χ4n) is 2.12. The average Bonchev–Trinajstić information content (AvgIpc) is 2.85. The molecule has 2 aliphatic heterocycles. The molecule has 16 heavy (non-hydrogen) atoms. The summed E-state index contributed by atoms with van der Waals surface area (Å²) in [4.78, 5) is 2.44. The zero-order chi connectivity index (χ0) is 11.0. The molecule has 2 aliphatic rings. The molecule has 0 bridgehead atoms. The third kappa shape index (κ3) is 1.86. The lowest BCUT2D eigenvalue weighted by Crippen LogP contribution is -2.17. The smallest absolute Gasteiger partial charge is 0.231 e. The molecule has 0 radical (unpaired) electrons. The van der Waals surface area contributed by atoms with Gasteiger partial charge in [-0.05, 0) is 24.7 Å². The molecule has 1 fully saturated rings. The van der Waals surface area contributed by atoms with E-state index in [0.29, 0.717) is 12.8 Å². The number of rotatable bonds is 4. The minimum absolute atomic E-state index is 0.352. The largest absolute Gasteiger partial charge is 0.454 e. The molecule has 86 valence electrons. The van der Waals surface area contributed by atoms with Gasteiger partial charge in [-0.25, -0.2) is 0 Å². The molecule has 0 aliphatic carbocycles. The second-order valence-corrected chi connectivity index (χ2v) is 4.33. The highest BCUT2D eigenvalue weighted by Crippen LogP contribution is 2.33. The van der Waals surface area contributed by atoms with Gasteiger partial charge >= 0.3 is 0 Å². The molecule has 4 nitrogen and oxygen atoms in total. The zero-order valence-electron chi connectivity index (χ0n) is 9.40. The van der Waals surface area contributed by atoms with E-state index >= 15 is 0 Å². The van der Waals surface area contributed by atoms with Gasteiger partial charge in [0, 0.05) is 25.7 Å². The molecule has 2 unspecified atom stereocenters. The maximum Gasteiger partial charge on any atom is 0.231 e. The Hall–Kier alpha value is -1.26. The number of hydrogen-bond donors (Lipinski definition) is 1. The third-order valence-electron chi connectivity index (χ3n) is 3.09. The predicted octanol–water partition coefficient (Wildman–Crippen LogP) is 0.819. The summed E-state index contributed by atoms with van der Waals surface area (Å²) in [6, 6.07) is 6.89. The number of likely N-dealkylation sites (N-methyl/N-ethyl adjacent to an activating group) is 1. The van der Waals surface area contributed by atoms with Crippen molar-refractivity contribution < 1.29 is 9.47 Å². The summed E-state index contributed by atoms with van der Waals surface area (Å²) < 4.78 is 10.7. The van der Waals surface area contributed by atoms with E-state index < -0.39 is 0 Å². The number of benzene rings is 1. The number of ether oxygens (including phenoxy) is 2. The van der Waals surface area contributed by atoms with Crippen LogP contribution in [0, 0.1) is 0 Å². The normalized spacial score (nSPS) is 25.8. The molecule has 3 rings (SSSR count). The molecule has 2 atom stereocenters. The quantitative estimate of drug-likeness (QED) is 0.762. The van der Waals surface area contributed by atoms with Gasteiger partial charge in [0.05, 0.1) is 0 Å². The van der Waals surface area contributed by atoms with Crippen LogP contribution in [0.2, 0.25) is 0 Å². The van der Waals surface area contributed by atoms with Gasteiger partial charge in [0.25, 0.3) is 0 Å². The van der Waals surface area contributed by atoms with Crippen LogP contribution in [-0.4, -0.2) is 37.9 Å². The first-order chi connectivity index (χ1) is 7.86. The van der Waals surface area contributed by atoms with Crippen molar-refractivity contribution in [3.05, 3.63) is 23.8 Å². The standard InChI is InChI=1S/C12H16N2O2/c1-13-5-10-7-14(10)6-9-2-3-11-12(4-9)16-8-15-11/h2-4,10,13H,5-8H2,1H3. The van der Waals surface area contributed by atoms with Crippen LogP contribution in [0.3, 0.4) is 0 Å². The van der Waals surface area contributed by atoms with Crippen LogP contribution in [0.15, 0.2) is 18.2 Å². The van der Waals surface area contributed by atoms with E-state index in [4.69, 9.17) is 9.47 Å². The Morgan fingerprint density at radius 1 is 1.38 bits per heavy atom. The molecule has 0 aromatic heterocycles. The molecule has 0 amide bonds. The monoisotopic (exact) mass is 220 g/mol. The van der Waals surface area contributed by atoms with Crippen molar-refractivity contribution >= 4 is 0 Å². The Morgan fingerprint density at radius 3 is 3.12 bits per heavy atom. The fraction of sp³-hybridized carbons (Fsp3) is 0.500. The molecule has 1 saturated heterocycles. The summed E-state index contributed by atoms with van der Waals surface area (Å²) in [7, 11) is 2.00. The van der Waals surface area contributed by atoms with Gasteiger partial charge in [0.1, 0.15) is 0 Å². The van der Waals surface area contributed by atoms with Gasteiger partial charge in [-0.1, -0.05) is 6.07 Å². The van der Waals surface area contributed by atoms with E-state index in [0.717, 1.165) is 24.6 Å². The van der Waals surface area contributed by atoms with Crippen molar-refractivity contribution in [2.24, 2.45) is 0 Å². The second-order valence-electron chi connectivity index (χ2n) is 4.33. The van der Waals surface area contributed by atoms with E-state index in [2.05, 4.69) is 22.3 Å². The Labute approximate surface area is 95.1 Å². The lowest BCUT2D eigenvalue weighted by molar-refractivity contribution is 0.174. The van der Waals surface area contributed by atoms with Crippen LogP contribution >= 0.6 is 0 Å². The lowest BCUT2D eigenvalue weighted by Gasteiger charge is -2.05. The van der Waals surface area contributed by atoms with Crippen molar-refractivity contribution in [3.63, 3.8) is 0 Å². The summed E-state index contributed by atoms with van der Waals surface area (Å²) >= 11 is 0. The maximum atomic E-state index is 5.36. The van der Waals surface area contributed by atoms with Crippen LogP contribution < -0.4 is 14.8 Å². The first-order valence-electron chi connectivity index (χ1n) is 5.64. The van der Waals surface area contributed by atoms with Crippen molar-refractivity contribution in [1.29, 1.82) is 0 Å². The first kappa shape index (κ1) is 9.93. The van der Waals surface area contributed by atoms with Crippen molar-refractivity contribution in [3.8, 4) is 11.5 Å². The summed E-state index contributed by atoms with van der Waals surface area (Å²) in [6.45, 7) is 3.62. The van der Waals surface area contributed by atoms with E-state index in [1.807, 2.05) is 13.1 Å². The lowest BCUT2D eigenvalue weighted by atomic mass is 10.2. The molecule has 0 spiro atoms. The van der Waals surface area contributed by atoms with Crippen LogP contribution in [0.5, 0.6) is 11.5 Å². The van der Waals surface area contributed by atoms with Gasteiger partial charge in [0.15, 0.2) is 11.5 Å². The minimum Gasteiger partial charge on any atom is -0.454 e. The number of nitrogens with one attached hydrogen (secondary N) is 1. The summed E-state index contributed by atoms with van der Waals surface area (Å²) in [5.41, 5.74) is 1.29. The third-order valence-corrected chi connectivity index (χ3v) is 3.09. The molecular formula is C12H16N2O2. The zero-order valence-corrected chi connectivity index (χ0v) is 9.40. The number of nitrogens with zero attached hydrogens (tertiary/aromatic N) is 1. The highest BCUT2D eigenvalue weighted by Gasteiger charge is 2.32. The average molecular weight is 220 g/mol. The van der Waals surface area contributed by atoms with Crippen LogP contribution in [0.1, 0.15) is 5.56 Å². The highest BCUT2D eigenvalue weighted by molar-refractivity contribution is 5.44. The molecular weight excluding hydrogens is 204 g/mol. The summed E-state index contributed by atoms with van der Waals surface area (Å²) in [6.07, 6.45) is 0. The summed E-state index contributed by atoms with van der Waals surface area (Å²) in [5.74, 6) is 1.74. The Balaban J connectivity index is 1.63. The van der Waals surface area contributed by atoms with E-state index in [-0.39, 0.29) is 0 Å². The molecule has 1 aromatic carbocycles. The Morgan fingerprint density at radius 2 is 2.25 bits per heavy atom. The van der Waals surface area contributed by atoms with Crippen molar-refractivity contribution in [2.75, 3.05) is 26.9 Å². The van der Waals surface area contributed by atoms with E-state index in [1.54, 1.807) is 0 Å². The van der Waals surface area contributed by atoms with Crippen LogP contribution in [0.4, 0.5) is 0 Å². The Bertz CT molecular complexity index is 395. The van der Waals surface area contributed by atoms with E-state index in [1.165, 1.54) is 12.1 Å². The molecule has 1 N–H and O–H groups in total. The SMILES string of the molecule is CNCC1CN1Cc1ccc2c(c1)OCO2. The van der Waals surface area contributed by atoms with Crippen LogP contribution in [0.25, 0.3) is 0 Å². The van der Waals surface area contributed by atoms with Crippen LogP contribution in [-0.2, 0) is 6.54 Å². The highest BCUT2D eigenvalue weighted by atomic mass is 16.7. The second kappa shape index (κ2) is 3.96. The Kier molecular flexibility index (Phi) is 2.46. The maximum absolute atomic E-state index is 5.36. The number of fused-ring (bicyclic) bond motifs is 1. The minimum atomic E-state index is 0.352. The van der Waals surface area contributed by atoms with Crippen molar-refractivity contribution in [1.82, 2.24) is 10.2 Å². The fourth-order valence-corrected chi connectivity index (χ4v) is 2.12.